The highest BCUT2D eigenvalue weighted by Crippen LogP contribution is 2.33. The van der Waals surface area contributed by atoms with E-state index in [-0.39, 0.29) is 5.95 Å². The van der Waals surface area contributed by atoms with Crippen LogP contribution in [0.15, 0.2) is 30.6 Å². The number of anilines is 1. The fourth-order valence-electron chi connectivity index (χ4n) is 1.83. The lowest BCUT2D eigenvalue weighted by atomic mass is 10.1. The largest absolute Gasteiger partial charge is 0.368 e. The average molecular weight is 221 g/mol. The summed E-state index contributed by atoms with van der Waals surface area (Å²) in [6.45, 7) is 0. The molecule has 5 nitrogen and oxygen atoms in total. The molecule has 0 fully saturated rings. The van der Waals surface area contributed by atoms with Crippen molar-refractivity contribution in [3.8, 4) is 28.6 Å². The summed E-state index contributed by atoms with van der Waals surface area (Å²) >= 11 is 0. The second kappa shape index (κ2) is 3.39. The topological polar surface area (TPSA) is 88.5 Å². The number of rotatable bonds is 0. The highest BCUT2D eigenvalue weighted by atomic mass is 15.0. The van der Waals surface area contributed by atoms with E-state index in [9.17, 15) is 0 Å². The summed E-state index contributed by atoms with van der Waals surface area (Å²) in [7, 11) is 0. The van der Waals surface area contributed by atoms with Crippen LogP contribution in [0.5, 0.6) is 0 Å². The van der Waals surface area contributed by atoms with Crippen molar-refractivity contribution >= 4 is 5.95 Å². The van der Waals surface area contributed by atoms with Gasteiger partial charge in [0.15, 0.2) is 0 Å². The zero-order chi connectivity index (χ0) is 11.8. The molecule has 2 aliphatic heterocycles. The van der Waals surface area contributed by atoms with Crippen LogP contribution in [0.2, 0.25) is 0 Å². The summed E-state index contributed by atoms with van der Waals surface area (Å²) in [6, 6.07) is 7.80. The molecule has 2 heterocycles. The normalized spacial score (nSPS) is 10.5. The molecular formula is C12H7N5. The maximum Gasteiger partial charge on any atom is 0.221 e. The van der Waals surface area contributed by atoms with Crippen LogP contribution in [-0.2, 0) is 0 Å². The summed E-state index contributed by atoms with van der Waals surface area (Å²) in [6.07, 6.45) is 3.17. The maximum atomic E-state index is 9.06. The zero-order valence-corrected chi connectivity index (χ0v) is 8.75. The highest BCUT2D eigenvalue weighted by molar-refractivity contribution is 5.83. The van der Waals surface area contributed by atoms with Crippen LogP contribution < -0.4 is 5.73 Å². The van der Waals surface area contributed by atoms with E-state index in [1.807, 2.05) is 18.2 Å². The Bertz CT molecular complexity index is 685. The van der Waals surface area contributed by atoms with E-state index in [1.165, 1.54) is 6.20 Å². The van der Waals surface area contributed by atoms with Crippen LogP contribution in [-0.4, -0.2) is 15.0 Å². The Labute approximate surface area is 97.3 Å². The zero-order valence-electron chi connectivity index (χ0n) is 8.75. The van der Waals surface area contributed by atoms with Gasteiger partial charge in [-0.1, -0.05) is 18.2 Å². The van der Waals surface area contributed by atoms with Crippen molar-refractivity contribution in [1.82, 2.24) is 15.0 Å². The van der Waals surface area contributed by atoms with Crippen LogP contribution in [0.4, 0.5) is 5.95 Å². The molecule has 17 heavy (non-hydrogen) atoms. The number of hydrogen-bond donors (Lipinski definition) is 1. The Morgan fingerprint density at radius 2 is 1.94 bits per heavy atom. The Morgan fingerprint density at radius 3 is 2.76 bits per heavy atom. The molecule has 3 rings (SSSR count). The first-order valence-corrected chi connectivity index (χ1v) is 4.99. The van der Waals surface area contributed by atoms with Crippen molar-refractivity contribution in [1.29, 1.82) is 5.26 Å². The second-order valence-corrected chi connectivity index (χ2v) is 3.61. The fourth-order valence-corrected chi connectivity index (χ4v) is 1.83. The lowest BCUT2D eigenvalue weighted by molar-refractivity contribution is 1.30. The molecule has 0 atom stereocenters. The molecule has 0 spiro atoms. The number of imidazole rings is 1. The summed E-state index contributed by atoms with van der Waals surface area (Å²) in [4.78, 5) is 12.3. The van der Waals surface area contributed by atoms with Gasteiger partial charge in [0.1, 0.15) is 17.5 Å². The number of nitrogens with two attached hydrogens (primary N) is 1. The van der Waals surface area contributed by atoms with Gasteiger partial charge in [-0.2, -0.15) is 5.26 Å². The third-order valence-corrected chi connectivity index (χ3v) is 2.57. The average Bonchev–Trinajstić information content (AvgIpc) is 2.88. The van der Waals surface area contributed by atoms with Gasteiger partial charge in [-0.15, -0.1) is 0 Å². The molecule has 0 aromatic rings. The van der Waals surface area contributed by atoms with Crippen molar-refractivity contribution in [3.05, 3.63) is 36.2 Å². The molecule has 2 N–H and O–H groups in total. The van der Waals surface area contributed by atoms with E-state index in [2.05, 4.69) is 21.0 Å². The minimum atomic E-state index is 0.171. The van der Waals surface area contributed by atoms with Gasteiger partial charge in [0.05, 0.1) is 5.56 Å². The van der Waals surface area contributed by atoms with Gasteiger partial charge < -0.3 is 5.73 Å². The Morgan fingerprint density at radius 1 is 1.12 bits per heavy atom. The van der Waals surface area contributed by atoms with Gasteiger partial charge in [0.25, 0.3) is 0 Å². The highest BCUT2D eigenvalue weighted by Gasteiger charge is 2.18. The van der Waals surface area contributed by atoms with Crippen molar-refractivity contribution in [3.63, 3.8) is 0 Å². The van der Waals surface area contributed by atoms with Gasteiger partial charge in [0.2, 0.25) is 5.95 Å². The third-order valence-electron chi connectivity index (χ3n) is 2.57. The fraction of sp³-hybridized carbons (Fsp3) is 0. The van der Waals surface area contributed by atoms with Gasteiger partial charge in [0, 0.05) is 23.5 Å². The third kappa shape index (κ3) is 1.35. The molecule has 0 unspecified atom stereocenters. The standard InChI is InChI=1S/C12H7N5/c13-4-8-6-15-5-7-2-1-3-9(7)11-10(8)16-12(14)17-11/h1-3,5-6H,(H2,14,16,17). The van der Waals surface area contributed by atoms with Crippen molar-refractivity contribution < 1.29 is 0 Å². The first kappa shape index (κ1) is 9.48. The van der Waals surface area contributed by atoms with Gasteiger partial charge in [-0.05, 0) is 0 Å². The number of nitriles is 1. The summed E-state index contributed by atoms with van der Waals surface area (Å²) in [5.41, 5.74) is 8.95. The van der Waals surface area contributed by atoms with E-state index < -0.39 is 0 Å². The van der Waals surface area contributed by atoms with Crippen molar-refractivity contribution in [2.24, 2.45) is 0 Å². The molecule has 5 heteroatoms. The van der Waals surface area contributed by atoms with E-state index in [1.54, 1.807) is 6.20 Å². The molecule has 0 amide bonds. The molecule has 0 saturated heterocycles. The molecular weight excluding hydrogens is 214 g/mol. The Hall–Kier alpha value is -2.74. The minimum Gasteiger partial charge on any atom is -0.368 e. The van der Waals surface area contributed by atoms with Crippen LogP contribution in [0.3, 0.4) is 0 Å². The number of fused-ring (bicyclic) bond motifs is 3. The predicted molar refractivity (Wildman–Crippen MR) is 62.2 cm³/mol. The smallest absolute Gasteiger partial charge is 0.221 e. The molecule has 0 radical (unpaired) electrons. The van der Waals surface area contributed by atoms with Crippen LogP contribution in [0, 0.1) is 11.3 Å². The summed E-state index contributed by atoms with van der Waals surface area (Å²) in [5, 5.41) is 9.06. The number of nitrogens with zero attached hydrogens (tertiary/aromatic N) is 4. The molecule has 0 bridgehead atoms. The SMILES string of the molecule is N#Cc1cncc2cccc-2c2nc(N)nc1-2. The Balaban J connectivity index is 2.47. The minimum absolute atomic E-state index is 0.171. The molecule has 3 aliphatic rings. The van der Waals surface area contributed by atoms with E-state index in [4.69, 9.17) is 11.0 Å². The lowest BCUT2D eigenvalue weighted by Gasteiger charge is -2.00. The lowest BCUT2D eigenvalue weighted by Crippen LogP contribution is -1.87. The molecule has 0 aromatic heterocycles. The first-order valence-electron chi connectivity index (χ1n) is 4.99. The quantitative estimate of drug-likeness (QED) is 0.621. The second-order valence-electron chi connectivity index (χ2n) is 3.61. The monoisotopic (exact) mass is 221 g/mol. The number of hydrogen-bond acceptors (Lipinski definition) is 5. The van der Waals surface area contributed by atoms with E-state index >= 15 is 0 Å². The number of nitrogen functional groups attached to an aromatic ring is 1. The summed E-state index contributed by atoms with van der Waals surface area (Å²) < 4.78 is 0. The first-order chi connectivity index (χ1) is 8.29. The number of aromatic nitrogens is 3. The molecule has 1 aliphatic carbocycles. The van der Waals surface area contributed by atoms with Crippen LogP contribution in [0.25, 0.3) is 22.5 Å². The summed E-state index contributed by atoms with van der Waals surface area (Å²) in [5.74, 6) is 0.171. The van der Waals surface area contributed by atoms with E-state index in [0.717, 1.165) is 11.1 Å². The van der Waals surface area contributed by atoms with Crippen LogP contribution >= 0.6 is 0 Å². The van der Waals surface area contributed by atoms with Crippen molar-refractivity contribution in [2.75, 3.05) is 5.73 Å². The maximum absolute atomic E-state index is 9.06. The van der Waals surface area contributed by atoms with Crippen LogP contribution in [0.1, 0.15) is 5.56 Å². The Kier molecular flexibility index (Phi) is 1.89. The van der Waals surface area contributed by atoms with Crippen molar-refractivity contribution in [2.45, 2.75) is 0 Å². The predicted octanol–water partition coefficient (Wildman–Crippen LogP) is 1.54. The molecule has 0 aromatic carbocycles. The molecule has 80 valence electrons. The molecule has 0 saturated carbocycles. The van der Waals surface area contributed by atoms with Gasteiger partial charge >= 0.3 is 0 Å². The van der Waals surface area contributed by atoms with Gasteiger partial charge in [-0.25, -0.2) is 9.97 Å². The van der Waals surface area contributed by atoms with E-state index in [0.29, 0.717) is 17.0 Å². The van der Waals surface area contributed by atoms with Gasteiger partial charge in [-0.3, -0.25) is 4.98 Å².